The molecule has 0 aliphatic carbocycles. The zero-order chi connectivity index (χ0) is 20.3. The molecule has 1 saturated heterocycles. The number of nitrogens with zero attached hydrogens (tertiary/aromatic N) is 3. The lowest BCUT2D eigenvalue weighted by Crippen LogP contribution is -2.51. The van der Waals surface area contributed by atoms with Gasteiger partial charge < -0.3 is 15.1 Å². The van der Waals surface area contributed by atoms with E-state index in [1.54, 1.807) is 6.07 Å². The zero-order valence-corrected chi connectivity index (χ0v) is 15.8. The van der Waals surface area contributed by atoms with Gasteiger partial charge in [0.25, 0.3) is 5.69 Å². The van der Waals surface area contributed by atoms with Crippen molar-refractivity contribution < 1.29 is 14.5 Å². The van der Waals surface area contributed by atoms with Crippen molar-refractivity contribution >= 4 is 28.9 Å². The van der Waals surface area contributed by atoms with Crippen molar-refractivity contribution in [2.24, 2.45) is 0 Å². The van der Waals surface area contributed by atoms with Crippen molar-refractivity contribution in [1.82, 2.24) is 4.90 Å². The molecule has 146 valence electrons. The van der Waals surface area contributed by atoms with Gasteiger partial charge in [-0.1, -0.05) is 24.3 Å². The van der Waals surface area contributed by atoms with Crippen molar-refractivity contribution in [3.05, 3.63) is 63.7 Å². The summed E-state index contributed by atoms with van der Waals surface area (Å²) < 4.78 is 0. The molecule has 0 aromatic heterocycles. The van der Waals surface area contributed by atoms with Gasteiger partial charge in [0.15, 0.2) is 0 Å². The molecule has 2 aromatic rings. The van der Waals surface area contributed by atoms with Crippen LogP contribution in [0.25, 0.3) is 0 Å². The van der Waals surface area contributed by atoms with Crippen LogP contribution in [0.2, 0.25) is 0 Å². The number of rotatable bonds is 3. The number of aryl methyl sites for hydroxylation is 1. The molecular weight excluding hydrogens is 360 g/mol. The average Bonchev–Trinajstić information content (AvgIpc) is 2.70. The van der Waals surface area contributed by atoms with Crippen LogP contribution in [0, 0.1) is 24.0 Å². The van der Waals surface area contributed by atoms with Crippen LogP contribution in [0.1, 0.15) is 11.1 Å². The predicted octanol–water partition coefficient (Wildman–Crippen LogP) is 2.50. The van der Waals surface area contributed by atoms with E-state index >= 15 is 0 Å². The summed E-state index contributed by atoms with van der Waals surface area (Å²) in [5.41, 5.74) is 3.32. The monoisotopic (exact) mass is 382 g/mol. The Bertz CT molecular complexity index is 920. The van der Waals surface area contributed by atoms with Crippen LogP contribution in [0.5, 0.6) is 0 Å². The lowest BCUT2D eigenvalue weighted by Gasteiger charge is -2.36. The first-order valence-corrected chi connectivity index (χ1v) is 9.03. The summed E-state index contributed by atoms with van der Waals surface area (Å²) in [5.74, 6) is -1.55. The fourth-order valence-corrected chi connectivity index (χ4v) is 3.29. The Kier molecular flexibility index (Phi) is 5.58. The fourth-order valence-electron chi connectivity index (χ4n) is 3.29. The van der Waals surface area contributed by atoms with Gasteiger partial charge in [0.1, 0.15) is 5.69 Å². The van der Waals surface area contributed by atoms with E-state index in [1.165, 1.54) is 34.2 Å². The van der Waals surface area contributed by atoms with E-state index in [1.807, 2.05) is 6.07 Å². The Morgan fingerprint density at radius 3 is 2.36 bits per heavy atom. The molecule has 1 fully saturated rings. The van der Waals surface area contributed by atoms with Crippen LogP contribution >= 0.6 is 0 Å². The van der Waals surface area contributed by atoms with Crippen molar-refractivity contribution in [1.29, 1.82) is 0 Å². The Morgan fingerprint density at radius 1 is 1.00 bits per heavy atom. The molecule has 1 aliphatic heterocycles. The van der Waals surface area contributed by atoms with Crippen molar-refractivity contribution in [2.45, 2.75) is 13.8 Å². The number of nitro groups is 1. The van der Waals surface area contributed by atoms with Crippen LogP contribution in [0.15, 0.2) is 42.5 Å². The Morgan fingerprint density at radius 2 is 1.68 bits per heavy atom. The molecule has 1 heterocycles. The summed E-state index contributed by atoms with van der Waals surface area (Å²) in [6.07, 6.45) is 0. The third-order valence-electron chi connectivity index (χ3n) is 5.03. The molecule has 0 spiro atoms. The highest BCUT2D eigenvalue weighted by atomic mass is 16.6. The summed E-state index contributed by atoms with van der Waals surface area (Å²) in [6.45, 7) is 6.20. The SMILES string of the molecule is Cc1cccc(N2CCN(C(=O)C(=O)Nc3ccccc3[N+](=O)[O-])CC2)c1C. The van der Waals surface area contributed by atoms with E-state index in [4.69, 9.17) is 0 Å². The van der Waals surface area contributed by atoms with Gasteiger partial charge in [-0.05, 0) is 37.1 Å². The molecule has 0 atom stereocenters. The molecule has 0 saturated carbocycles. The van der Waals surface area contributed by atoms with E-state index in [2.05, 4.69) is 36.2 Å². The first-order valence-electron chi connectivity index (χ1n) is 9.03. The van der Waals surface area contributed by atoms with Crippen LogP contribution in [0.4, 0.5) is 17.1 Å². The number of carbonyl (C=O) groups excluding carboxylic acids is 2. The highest BCUT2D eigenvalue weighted by Gasteiger charge is 2.28. The fraction of sp³-hybridized carbons (Fsp3) is 0.300. The van der Waals surface area contributed by atoms with Gasteiger partial charge in [-0.25, -0.2) is 0 Å². The first kappa shape index (κ1) is 19.3. The van der Waals surface area contributed by atoms with Crippen molar-refractivity contribution in [3.8, 4) is 0 Å². The summed E-state index contributed by atoms with van der Waals surface area (Å²) in [4.78, 5) is 38.9. The lowest BCUT2D eigenvalue weighted by molar-refractivity contribution is -0.383. The normalized spacial score (nSPS) is 13.9. The molecule has 0 radical (unpaired) electrons. The topological polar surface area (TPSA) is 95.8 Å². The summed E-state index contributed by atoms with van der Waals surface area (Å²) >= 11 is 0. The van der Waals surface area contributed by atoms with Crippen LogP contribution in [-0.2, 0) is 9.59 Å². The van der Waals surface area contributed by atoms with Gasteiger partial charge in [0, 0.05) is 37.9 Å². The summed E-state index contributed by atoms with van der Waals surface area (Å²) in [7, 11) is 0. The molecular formula is C20H22N4O4. The second-order valence-corrected chi connectivity index (χ2v) is 6.73. The van der Waals surface area contributed by atoms with Crippen LogP contribution in [0.3, 0.4) is 0 Å². The van der Waals surface area contributed by atoms with E-state index in [-0.39, 0.29) is 11.4 Å². The largest absolute Gasteiger partial charge is 0.368 e. The summed E-state index contributed by atoms with van der Waals surface area (Å²) in [5, 5.41) is 13.4. The minimum atomic E-state index is -0.866. The molecule has 28 heavy (non-hydrogen) atoms. The minimum absolute atomic E-state index is 0.0138. The quantitative estimate of drug-likeness (QED) is 0.500. The lowest BCUT2D eigenvalue weighted by atomic mass is 10.1. The number of para-hydroxylation sites is 2. The van der Waals surface area contributed by atoms with Gasteiger partial charge >= 0.3 is 11.8 Å². The van der Waals surface area contributed by atoms with Gasteiger partial charge in [-0.3, -0.25) is 19.7 Å². The molecule has 8 nitrogen and oxygen atoms in total. The number of carbonyl (C=O) groups is 2. The molecule has 0 bridgehead atoms. The molecule has 0 unspecified atom stereocenters. The second-order valence-electron chi connectivity index (χ2n) is 6.73. The predicted molar refractivity (Wildman–Crippen MR) is 106 cm³/mol. The number of piperazine rings is 1. The van der Waals surface area contributed by atoms with Crippen molar-refractivity contribution in [3.63, 3.8) is 0 Å². The third kappa shape index (κ3) is 3.95. The van der Waals surface area contributed by atoms with Gasteiger partial charge in [-0.15, -0.1) is 0 Å². The molecule has 2 aromatic carbocycles. The Balaban J connectivity index is 1.63. The standard InChI is InChI=1S/C20H22N4O4/c1-14-6-5-9-17(15(14)2)22-10-12-23(13-11-22)20(26)19(25)21-16-7-3-4-8-18(16)24(27)28/h3-9H,10-13H2,1-2H3,(H,21,25). The smallest absolute Gasteiger partial charge is 0.314 e. The van der Waals surface area contributed by atoms with Gasteiger partial charge in [0.05, 0.1) is 4.92 Å². The molecule has 3 rings (SSSR count). The molecule has 2 amide bonds. The average molecular weight is 382 g/mol. The molecule has 1 N–H and O–H groups in total. The molecule has 8 heteroatoms. The van der Waals surface area contributed by atoms with Crippen LogP contribution < -0.4 is 10.2 Å². The third-order valence-corrected chi connectivity index (χ3v) is 5.03. The van der Waals surface area contributed by atoms with E-state index in [0.29, 0.717) is 26.2 Å². The van der Waals surface area contributed by atoms with Crippen LogP contribution in [-0.4, -0.2) is 47.8 Å². The molecule has 1 aliphatic rings. The van der Waals surface area contributed by atoms with E-state index in [0.717, 1.165) is 5.69 Å². The number of benzene rings is 2. The maximum Gasteiger partial charge on any atom is 0.314 e. The van der Waals surface area contributed by atoms with E-state index in [9.17, 15) is 19.7 Å². The maximum atomic E-state index is 12.5. The number of nitrogens with one attached hydrogen (secondary N) is 1. The number of hydrogen-bond acceptors (Lipinski definition) is 5. The minimum Gasteiger partial charge on any atom is -0.368 e. The number of amides is 2. The maximum absolute atomic E-state index is 12.5. The van der Waals surface area contributed by atoms with Crippen molar-refractivity contribution in [2.75, 3.05) is 36.4 Å². The summed E-state index contributed by atoms with van der Waals surface area (Å²) in [6, 6.07) is 11.9. The van der Waals surface area contributed by atoms with Gasteiger partial charge in [0.2, 0.25) is 0 Å². The highest BCUT2D eigenvalue weighted by molar-refractivity contribution is 6.39. The number of anilines is 2. The van der Waals surface area contributed by atoms with E-state index < -0.39 is 16.7 Å². The van der Waals surface area contributed by atoms with Gasteiger partial charge in [-0.2, -0.15) is 0 Å². The second kappa shape index (κ2) is 8.08. The zero-order valence-electron chi connectivity index (χ0n) is 15.8. The highest BCUT2D eigenvalue weighted by Crippen LogP contribution is 2.25. The Labute approximate surface area is 162 Å². The number of nitro benzene ring substituents is 1. The Hall–Kier alpha value is -3.42. The first-order chi connectivity index (χ1) is 13.4. The number of hydrogen-bond donors (Lipinski definition) is 1.